The van der Waals surface area contributed by atoms with E-state index < -0.39 is 6.10 Å². The number of aryl methyl sites for hydroxylation is 1. The number of aromatic hydroxyl groups is 1. The minimum Gasteiger partial charge on any atom is -0.507 e. The monoisotopic (exact) mass is 442 g/mol. The van der Waals surface area contributed by atoms with Crippen molar-refractivity contribution < 1.29 is 14.6 Å². The Kier molecular flexibility index (Phi) is 5.64. The molecule has 4 rings (SSSR count). The normalized spacial score (nSPS) is 18.0. The van der Waals surface area contributed by atoms with Crippen molar-refractivity contribution in [2.24, 2.45) is 0 Å². The molecule has 3 nitrogen and oxygen atoms in total. The Morgan fingerprint density at radius 2 is 1.42 bits per heavy atom. The molecule has 3 aromatic rings. The summed E-state index contributed by atoms with van der Waals surface area (Å²) in [5, 5.41) is 11.2. The molecule has 2 atom stereocenters. The summed E-state index contributed by atoms with van der Waals surface area (Å²) in [5.41, 5.74) is 5.05. The fourth-order valence-electron chi connectivity index (χ4n) is 4.69. The van der Waals surface area contributed by atoms with Crippen LogP contribution in [0, 0.1) is 6.92 Å². The summed E-state index contributed by atoms with van der Waals surface area (Å²) in [6, 6.07) is 19.6. The predicted octanol–water partition coefficient (Wildman–Crippen LogP) is 7.07. The number of benzene rings is 3. The van der Waals surface area contributed by atoms with Crippen molar-refractivity contribution in [2.75, 3.05) is 0 Å². The predicted molar refractivity (Wildman–Crippen MR) is 134 cm³/mol. The number of Topliss-reactive ketones (excluding diaryl/α,β-unsaturated/α-hetero) is 1. The Morgan fingerprint density at radius 3 is 1.97 bits per heavy atom. The quantitative estimate of drug-likeness (QED) is 0.441. The molecule has 1 aliphatic heterocycles. The van der Waals surface area contributed by atoms with Crippen LogP contribution in [0.1, 0.15) is 85.6 Å². The molecule has 3 aromatic carbocycles. The molecular formula is C30H34O3. The molecule has 0 aromatic heterocycles. The van der Waals surface area contributed by atoms with Crippen molar-refractivity contribution in [3.05, 3.63) is 94.0 Å². The third-order valence-electron chi connectivity index (χ3n) is 6.48. The van der Waals surface area contributed by atoms with Crippen molar-refractivity contribution >= 4 is 5.78 Å². The molecule has 1 N–H and O–H groups in total. The van der Waals surface area contributed by atoms with E-state index in [-0.39, 0.29) is 22.5 Å². The van der Waals surface area contributed by atoms with Gasteiger partial charge < -0.3 is 9.84 Å². The van der Waals surface area contributed by atoms with Gasteiger partial charge in [-0.05, 0) is 40.5 Å². The molecule has 1 aliphatic rings. The fourth-order valence-corrected chi connectivity index (χ4v) is 4.69. The van der Waals surface area contributed by atoms with Crippen LogP contribution in [0.5, 0.6) is 11.5 Å². The Labute approximate surface area is 197 Å². The van der Waals surface area contributed by atoms with E-state index in [1.165, 1.54) is 0 Å². The Morgan fingerprint density at radius 1 is 0.848 bits per heavy atom. The standard InChI is InChI=1S/C30H34O3/c1-18-13-14-24-21(15-18)25(28(33-24)26(31)19-11-9-8-10-12-19)20-16-22(29(2,3)4)27(32)23(17-20)30(5,6)7/h8-17,25,28,32H,1-7H3/t25-,28-/m0/s1. The van der Waals surface area contributed by atoms with Crippen LogP contribution in [0.4, 0.5) is 0 Å². The maximum absolute atomic E-state index is 13.6. The van der Waals surface area contributed by atoms with Crippen molar-refractivity contribution in [1.29, 1.82) is 0 Å². The molecule has 0 saturated heterocycles. The zero-order valence-electron chi connectivity index (χ0n) is 20.7. The first-order valence-corrected chi connectivity index (χ1v) is 11.6. The Balaban J connectivity index is 1.95. The highest BCUT2D eigenvalue weighted by molar-refractivity contribution is 6.01. The van der Waals surface area contributed by atoms with Gasteiger partial charge in [0.25, 0.3) is 0 Å². The maximum atomic E-state index is 13.6. The highest BCUT2D eigenvalue weighted by atomic mass is 16.5. The van der Waals surface area contributed by atoms with E-state index in [0.29, 0.717) is 11.3 Å². The number of hydrogen-bond donors (Lipinski definition) is 1. The molecule has 0 bridgehead atoms. The number of hydrogen-bond acceptors (Lipinski definition) is 3. The second-order valence-electron chi connectivity index (χ2n) is 11.3. The van der Waals surface area contributed by atoms with Gasteiger partial charge >= 0.3 is 0 Å². The largest absolute Gasteiger partial charge is 0.507 e. The van der Waals surface area contributed by atoms with E-state index in [2.05, 4.69) is 66.7 Å². The molecule has 0 aliphatic carbocycles. The molecule has 0 radical (unpaired) electrons. The van der Waals surface area contributed by atoms with Crippen LogP contribution in [0.15, 0.2) is 60.7 Å². The number of ketones is 1. The summed E-state index contributed by atoms with van der Waals surface area (Å²) in [4.78, 5) is 13.6. The van der Waals surface area contributed by atoms with Gasteiger partial charge in [-0.1, -0.05) is 102 Å². The van der Waals surface area contributed by atoms with Gasteiger partial charge in [-0.25, -0.2) is 0 Å². The van der Waals surface area contributed by atoms with Gasteiger partial charge in [-0.2, -0.15) is 0 Å². The number of phenolic OH excluding ortho intramolecular Hbond substituents is 1. The van der Waals surface area contributed by atoms with E-state index in [1.807, 2.05) is 42.5 Å². The summed E-state index contributed by atoms with van der Waals surface area (Å²) in [6.07, 6.45) is -0.658. The molecule has 3 heteroatoms. The van der Waals surface area contributed by atoms with Crippen LogP contribution in [0.3, 0.4) is 0 Å². The summed E-state index contributed by atoms with van der Waals surface area (Å²) >= 11 is 0. The first-order chi connectivity index (χ1) is 15.4. The molecular weight excluding hydrogens is 408 g/mol. The molecule has 172 valence electrons. The molecule has 0 amide bonds. The van der Waals surface area contributed by atoms with Crippen molar-refractivity contribution in [1.82, 2.24) is 0 Å². The molecule has 0 fully saturated rings. The van der Waals surface area contributed by atoms with Gasteiger partial charge in [-0.3, -0.25) is 4.79 Å². The molecule has 0 saturated carbocycles. The average molecular weight is 443 g/mol. The second-order valence-corrected chi connectivity index (χ2v) is 11.3. The minimum atomic E-state index is -0.658. The Bertz CT molecular complexity index is 1160. The highest BCUT2D eigenvalue weighted by Crippen LogP contribution is 2.48. The number of ether oxygens (including phenoxy) is 1. The number of carbonyl (C=O) groups excluding carboxylic acids is 1. The SMILES string of the molecule is Cc1ccc2c(c1)[C@H](c1cc(C(C)(C)C)c(O)c(C(C)(C)C)c1)[C@@H](C(=O)c1ccccc1)O2. The Hall–Kier alpha value is -3.07. The second kappa shape index (κ2) is 8.06. The van der Waals surface area contributed by atoms with Crippen LogP contribution in [-0.4, -0.2) is 17.0 Å². The van der Waals surface area contributed by atoms with Gasteiger partial charge in [0.2, 0.25) is 5.78 Å². The number of carbonyl (C=O) groups is 1. The smallest absolute Gasteiger partial charge is 0.204 e. The summed E-state index contributed by atoms with van der Waals surface area (Å²) < 4.78 is 6.31. The van der Waals surface area contributed by atoms with E-state index in [4.69, 9.17) is 4.74 Å². The average Bonchev–Trinajstić information content (AvgIpc) is 3.11. The van der Waals surface area contributed by atoms with Gasteiger partial charge in [0.1, 0.15) is 11.5 Å². The van der Waals surface area contributed by atoms with Crippen molar-refractivity contribution in [2.45, 2.75) is 71.3 Å². The zero-order chi connectivity index (χ0) is 24.1. The fraction of sp³-hybridized carbons (Fsp3) is 0.367. The summed E-state index contributed by atoms with van der Waals surface area (Å²) in [7, 11) is 0. The van der Waals surface area contributed by atoms with Crippen molar-refractivity contribution in [3.63, 3.8) is 0 Å². The van der Waals surface area contributed by atoms with E-state index >= 15 is 0 Å². The number of phenols is 1. The zero-order valence-corrected chi connectivity index (χ0v) is 20.7. The maximum Gasteiger partial charge on any atom is 0.204 e. The molecule has 33 heavy (non-hydrogen) atoms. The third-order valence-corrected chi connectivity index (χ3v) is 6.48. The lowest BCUT2D eigenvalue weighted by Gasteiger charge is -2.30. The van der Waals surface area contributed by atoms with Gasteiger partial charge in [0, 0.05) is 11.1 Å². The number of fused-ring (bicyclic) bond motifs is 1. The van der Waals surface area contributed by atoms with Crippen LogP contribution >= 0.6 is 0 Å². The van der Waals surface area contributed by atoms with Crippen LogP contribution in [0.25, 0.3) is 0 Å². The lowest BCUT2D eigenvalue weighted by atomic mass is 9.75. The summed E-state index contributed by atoms with van der Waals surface area (Å²) in [6.45, 7) is 14.7. The molecule has 0 unspecified atom stereocenters. The first-order valence-electron chi connectivity index (χ1n) is 11.6. The lowest BCUT2D eigenvalue weighted by molar-refractivity contribution is 0.0806. The number of rotatable bonds is 3. The van der Waals surface area contributed by atoms with E-state index in [1.54, 1.807) is 0 Å². The van der Waals surface area contributed by atoms with E-state index in [9.17, 15) is 9.90 Å². The van der Waals surface area contributed by atoms with E-state index in [0.717, 1.165) is 33.6 Å². The van der Waals surface area contributed by atoms with Crippen molar-refractivity contribution in [3.8, 4) is 11.5 Å². The topological polar surface area (TPSA) is 46.5 Å². The van der Waals surface area contributed by atoms with Gasteiger partial charge in [0.05, 0.1) is 5.92 Å². The molecule has 1 heterocycles. The van der Waals surface area contributed by atoms with Crippen LogP contribution in [-0.2, 0) is 10.8 Å². The first kappa shape index (κ1) is 23.1. The van der Waals surface area contributed by atoms with Crippen LogP contribution in [0.2, 0.25) is 0 Å². The van der Waals surface area contributed by atoms with Gasteiger partial charge in [-0.15, -0.1) is 0 Å². The highest BCUT2D eigenvalue weighted by Gasteiger charge is 2.42. The summed E-state index contributed by atoms with van der Waals surface area (Å²) in [5.74, 6) is 0.809. The molecule has 0 spiro atoms. The third kappa shape index (κ3) is 4.29. The van der Waals surface area contributed by atoms with Gasteiger partial charge in [0.15, 0.2) is 6.10 Å². The minimum absolute atomic E-state index is 0.0304. The van der Waals surface area contributed by atoms with Crippen LogP contribution < -0.4 is 4.74 Å². The lowest BCUT2D eigenvalue weighted by Crippen LogP contribution is -2.30.